The minimum absolute atomic E-state index is 0.211. The van der Waals surface area contributed by atoms with E-state index in [1.54, 1.807) is 0 Å². The van der Waals surface area contributed by atoms with Gasteiger partial charge in [0.1, 0.15) is 0 Å². The van der Waals surface area contributed by atoms with Crippen LogP contribution in [-0.2, 0) is 21.7 Å². The average Bonchev–Trinajstić information content (AvgIpc) is 2.63. The molecule has 0 radical (unpaired) electrons. The van der Waals surface area contributed by atoms with Gasteiger partial charge in [0.25, 0.3) is 0 Å². The lowest BCUT2D eigenvalue weighted by Crippen LogP contribution is -2.34. The van der Waals surface area contributed by atoms with Gasteiger partial charge in [-0.05, 0) is 105 Å². The molecule has 30 heavy (non-hydrogen) atoms. The fourth-order valence-corrected chi connectivity index (χ4v) is 6.70. The molecule has 0 fully saturated rings. The van der Waals surface area contributed by atoms with E-state index in [-0.39, 0.29) is 21.7 Å². The van der Waals surface area contributed by atoms with Crippen LogP contribution in [0.25, 0.3) is 11.1 Å². The monoisotopic (exact) mass is 530 g/mol. The molecule has 2 aliphatic carbocycles. The normalized spacial score (nSPS) is 22.9. The van der Waals surface area contributed by atoms with Crippen molar-refractivity contribution in [3.05, 3.63) is 55.5 Å². The highest BCUT2D eigenvalue weighted by Crippen LogP contribution is 2.52. The van der Waals surface area contributed by atoms with E-state index in [1.807, 2.05) is 0 Å². The Labute approximate surface area is 200 Å². The van der Waals surface area contributed by atoms with Gasteiger partial charge in [-0.15, -0.1) is 0 Å². The summed E-state index contributed by atoms with van der Waals surface area (Å²) in [7, 11) is 0. The fourth-order valence-electron chi connectivity index (χ4n) is 5.59. The van der Waals surface area contributed by atoms with Crippen molar-refractivity contribution in [2.45, 2.75) is 103 Å². The predicted molar refractivity (Wildman–Crippen MR) is 138 cm³/mol. The van der Waals surface area contributed by atoms with E-state index in [4.69, 9.17) is 0 Å². The summed E-state index contributed by atoms with van der Waals surface area (Å²) in [5.74, 6) is 0. The predicted octanol–water partition coefficient (Wildman–Crippen LogP) is 9.58. The molecule has 0 saturated carbocycles. The first-order valence-electron chi connectivity index (χ1n) is 11.4. The summed E-state index contributed by atoms with van der Waals surface area (Å²) < 4.78 is 2.42. The van der Waals surface area contributed by atoms with Crippen LogP contribution in [0.3, 0.4) is 0 Å². The molecule has 0 aliphatic heterocycles. The number of hydrogen-bond acceptors (Lipinski definition) is 0. The Kier molecular flexibility index (Phi) is 5.23. The highest BCUT2D eigenvalue weighted by molar-refractivity contribution is 9.11. The van der Waals surface area contributed by atoms with E-state index in [1.165, 1.54) is 68.0 Å². The molecule has 0 saturated heterocycles. The topological polar surface area (TPSA) is 0 Å². The van der Waals surface area contributed by atoms with Crippen molar-refractivity contribution in [2.24, 2.45) is 0 Å². The van der Waals surface area contributed by atoms with Crippen molar-refractivity contribution in [3.63, 3.8) is 0 Å². The van der Waals surface area contributed by atoms with Crippen molar-refractivity contribution in [2.75, 3.05) is 0 Å². The van der Waals surface area contributed by atoms with Crippen molar-refractivity contribution in [1.82, 2.24) is 0 Å². The molecule has 0 spiro atoms. The van der Waals surface area contributed by atoms with Crippen LogP contribution in [-0.4, -0.2) is 0 Å². The van der Waals surface area contributed by atoms with Crippen LogP contribution in [0, 0.1) is 0 Å². The fraction of sp³-hybridized carbons (Fsp3) is 0.571. The summed E-state index contributed by atoms with van der Waals surface area (Å²) in [6.07, 6.45) is 4.95. The summed E-state index contributed by atoms with van der Waals surface area (Å²) in [5, 5.41) is 0. The maximum absolute atomic E-state index is 3.96. The number of benzene rings is 2. The van der Waals surface area contributed by atoms with Crippen LogP contribution in [0.5, 0.6) is 0 Å². The summed E-state index contributed by atoms with van der Waals surface area (Å²) in [6, 6.07) is 9.78. The molecule has 0 N–H and O–H groups in total. The van der Waals surface area contributed by atoms with Crippen molar-refractivity contribution < 1.29 is 0 Å². The zero-order valence-corrected chi connectivity index (χ0v) is 23.1. The molecule has 0 unspecified atom stereocenters. The summed E-state index contributed by atoms with van der Waals surface area (Å²) in [5.41, 5.74) is 9.54. The van der Waals surface area contributed by atoms with E-state index in [0.717, 1.165) is 0 Å². The van der Waals surface area contributed by atoms with Crippen LogP contribution in [0.1, 0.15) is 103 Å². The van der Waals surface area contributed by atoms with Crippen LogP contribution in [0.15, 0.2) is 33.2 Å². The number of halogens is 2. The second-order valence-corrected chi connectivity index (χ2v) is 14.0. The van der Waals surface area contributed by atoms with Crippen molar-refractivity contribution >= 4 is 31.9 Å². The van der Waals surface area contributed by atoms with Gasteiger partial charge < -0.3 is 0 Å². The van der Waals surface area contributed by atoms with Crippen LogP contribution in [0.2, 0.25) is 0 Å². The molecule has 0 aromatic heterocycles. The lowest BCUT2D eigenvalue weighted by atomic mass is 9.62. The number of hydrogen-bond donors (Lipinski definition) is 0. The zero-order chi connectivity index (χ0) is 22.3. The Morgan fingerprint density at radius 3 is 0.967 bits per heavy atom. The Bertz CT molecular complexity index is 938. The molecular weight excluding hydrogens is 496 g/mol. The first-order chi connectivity index (χ1) is 13.7. The molecule has 2 aromatic rings. The number of rotatable bonds is 1. The largest absolute Gasteiger partial charge is 0.0558 e. The Morgan fingerprint density at radius 1 is 0.467 bits per heavy atom. The highest BCUT2D eigenvalue weighted by Gasteiger charge is 2.39. The third kappa shape index (κ3) is 3.54. The molecule has 0 atom stereocenters. The van der Waals surface area contributed by atoms with E-state index >= 15 is 0 Å². The molecule has 2 aromatic carbocycles. The lowest BCUT2D eigenvalue weighted by Gasteiger charge is -2.43. The van der Waals surface area contributed by atoms with E-state index < -0.39 is 0 Å². The maximum Gasteiger partial charge on any atom is 0.0257 e. The van der Waals surface area contributed by atoms with Gasteiger partial charge in [0.15, 0.2) is 0 Å². The van der Waals surface area contributed by atoms with Gasteiger partial charge in [0.05, 0.1) is 0 Å². The maximum atomic E-state index is 3.96. The minimum atomic E-state index is 0.211. The van der Waals surface area contributed by atoms with Gasteiger partial charge in [0.2, 0.25) is 0 Å². The zero-order valence-electron chi connectivity index (χ0n) is 19.9. The first kappa shape index (κ1) is 22.6. The molecule has 4 rings (SSSR count). The Balaban J connectivity index is 1.97. The first-order valence-corrected chi connectivity index (χ1v) is 12.9. The second kappa shape index (κ2) is 6.95. The van der Waals surface area contributed by atoms with Crippen molar-refractivity contribution in [3.8, 4) is 11.1 Å². The molecular formula is C28H36Br2. The van der Waals surface area contributed by atoms with Crippen molar-refractivity contribution in [1.29, 1.82) is 0 Å². The smallest absolute Gasteiger partial charge is 0.0257 e. The SMILES string of the molecule is CC1(C)CCC(C)(C)c2cc(-c3cc4c(cc3Br)C(C)(C)CCC4(C)C)c(Br)cc21. The molecule has 0 nitrogen and oxygen atoms in total. The quantitative estimate of drug-likeness (QED) is 0.343. The van der Waals surface area contributed by atoms with Gasteiger partial charge in [-0.25, -0.2) is 0 Å². The molecule has 0 amide bonds. The van der Waals surface area contributed by atoms with Gasteiger partial charge in [-0.1, -0.05) is 87.2 Å². The third-order valence-electron chi connectivity index (χ3n) is 8.17. The van der Waals surface area contributed by atoms with Crippen LogP contribution < -0.4 is 0 Å². The standard InChI is InChI=1S/C28H36Br2/c1-25(2)9-11-27(5,6)21-15-23(29)17(13-19(21)25)18-14-20-22(16-24(18)30)28(7,8)12-10-26(20,3)4/h13-16H,9-12H2,1-8H3. The molecule has 2 aliphatic rings. The molecule has 2 heteroatoms. The van der Waals surface area contributed by atoms with Crippen LogP contribution >= 0.6 is 31.9 Å². The molecule has 0 heterocycles. The van der Waals surface area contributed by atoms with Gasteiger partial charge in [0, 0.05) is 8.95 Å². The second-order valence-electron chi connectivity index (χ2n) is 12.3. The Hall–Kier alpha value is -0.600. The Morgan fingerprint density at radius 2 is 0.700 bits per heavy atom. The lowest BCUT2D eigenvalue weighted by molar-refractivity contribution is 0.331. The van der Waals surface area contributed by atoms with E-state index in [9.17, 15) is 0 Å². The summed E-state index contributed by atoms with van der Waals surface area (Å²) >= 11 is 7.92. The van der Waals surface area contributed by atoms with E-state index in [2.05, 4.69) is 112 Å². The van der Waals surface area contributed by atoms with Gasteiger partial charge in [-0.3, -0.25) is 0 Å². The van der Waals surface area contributed by atoms with Gasteiger partial charge in [-0.2, -0.15) is 0 Å². The number of fused-ring (bicyclic) bond motifs is 2. The minimum Gasteiger partial charge on any atom is -0.0558 e. The highest BCUT2D eigenvalue weighted by atomic mass is 79.9. The summed E-state index contributed by atoms with van der Waals surface area (Å²) in [6.45, 7) is 19.2. The summed E-state index contributed by atoms with van der Waals surface area (Å²) in [4.78, 5) is 0. The molecule has 0 bridgehead atoms. The van der Waals surface area contributed by atoms with E-state index in [0.29, 0.717) is 0 Å². The average molecular weight is 532 g/mol. The van der Waals surface area contributed by atoms with Gasteiger partial charge >= 0.3 is 0 Å². The van der Waals surface area contributed by atoms with Crippen LogP contribution in [0.4, 0.5) is 0 Å². The third-order valence-corrected chi connectivity index (χ3v) is 9.48. The molecule has 162 valence electrons.